The minimum Gasteiger partial charge on any atom is -0.468 e. The van der Waals surface area contributed by atoms with Crippen molar-refractivity contribution in [2.45, 2.75) is 26.6 Å². The summed E-state index contributed by atoms with van der Waals surface area (Å²) in [6, 6.07) is 0. The molecule has 3 nitrogen and oxygen atoms in total. The van der Waals surface area contributed by atoms with E-state index in [4.69, 9.17) is 14.2 Å². The molecule has 0 bridgehead atoms. The van der Waals surface area contributed by atoms with Crippen LogP contribution in [0.2, 0.25) is 0 Å². The lowest BCUT2D eigenvalue weighted by Gasteiger charge is -2.27. The van der Waals surface area contributed by atoms with Crippen LogP contribution in [0.15, 0.2) is 12.8 Å². The lowest BCUT2D eigenvalue weighted by atomic mass is 10.3. The Kier molecular flexibility index (Phi) is 5.76. The largest absolute Gasteiger partial charge is 0.468 e. The summed E-state index contributed by atoms with van der Waals surface area (Å²) in [5, 5.41) is 0. The predicted octanol–water partition coefficient (Wildman–Crippen LogP) is 1.94. The topological polar surface area (TPSA) is 27.7 Å². The van der Waals surface area contributed by atoms with Crippen molar-refractivity contribution in [2.75, 3.05) is 19.8 Å². The summed E-state index contributed by atoms with van der Waals surface area (Å²) in [4.78, 5) is 0. The van der Waals surface area contributed by atoms with E-state index in [1.165, 1.54) is 6.26 Å². The number of rotatable bonds is 7. The molecule has 0 spiro atoms. The standard InChI is InChI=1S/C9H18O3/c1-5-10-8-9(4,11-6-2)12-7-3/h6H,2,5,7-8H2,1,3-4H3. The molecular formula is C9H18O3. The molecule has 0 aromatic heterocycles. The minimum absolute atomic E-state index is 0.420. The summed E-state index contributed by atoms with van der Waals surface area (Å²) in [7, 11) is 0. The van der Waals surface area contributed by atoms with Crippen LogP contribution in [0.3, 0.4) is 0 Å². The molecule has 0 aromatic carbocycles. The van der Waals surface area contributed by atoms with Crippen LogP contribution in [-0.2, 0) is 14.2 Å². The second kappa shape index (κ2) is 6.03. The number of hydrogen-bond donors (Lipinski definition) is 0. The molecule has 12 heavy (non-hydrogen) atoms. The van der Waals surface area contributed by atoms with Gasteiger partial charge in [-0.2, -0.15) is 0 Å². The molecule has 0 heterocycles. The second-order valence-corrected chi connectivity index (χ2v) is 2.49. The van der Waals surface area contributed by atoms with Crippen LogP contribution >= 0.6 is 0 Å². The van der Waals surface area contributed by atoms with E-state index in [9.17, 15) is 0 Å². The highest BCUT2D eigenvalue weighted by atomic mass is 16.7. The Hall–Kier alpha value is -0.540. The highest BCUT2D eigenvalue weighted by molar-refractivity contribution is 4.66. The summed E-state index contributed by atoms with van der Waals surface area (Å²) >= 11 is 0. The van der Waals surface area contributed by atoms with Crippen LogP contribution in [-0.4, -0.2) is 25.6 Å². The van der Waals surface area contributed by atoms with E-state index in [1.807, 2.05) is 20.8 Å². The maximum atomic E-state index is 5.35. The molecule has 0 rings (SSSR count). The monoisotopic (exact) mass is 174 g/mol. The molecule has 1 atom stereocenters. The third-order valence-corrected chi connectivity index (χ3v) is 1.35. The van der Waals surface area contributed by atoms with E-state index in [1.54, 1.807) is 0 Å². The van der Waals surface area contributed by atoms with Gasteiger partial charge in [0.05, 0.1) is 6.26 Å². The summed E-state index contributed by atoms with van der Waals surface area (Å²) in [6.45, 7) is 10.8. The van der Waals surface area contributed by atoms with Crippen molar-refractivity contribution in [3.05, 3.63) is 12.8 Å². The van der Waals surface area contributed by atoms with Gasteiger partial charge in [-0.05, 0) is 13.8 Å². The molecule has 0 radical (unpaired) electrons. The Bertz CT molecular complexity index is 125. The molecule has 0 aliphatic heterocycles. The first-order valence-electron chi connectivity index (χ1n) is 4.19. The lowest BCUT2D eigenvalue weighted by molar-refractivity contribution is -0.220. The van der Waals surface area contributed by atoms with E-state index in [0.717, 1.165) is 0 Å². The van der Waals surface area contributed by atoms with Crippen molar-refractivity contribution in [1.29, 1.82) is 0 Å². The molecule has 0 aliphatic carbocycles. The van der Waals surface area contributed by atoms with E-state index in [2.05, 4.69) is 6.58 Å². The zero-order valence-electron chi connectivity index (χ0n) is 8.13. The molecule has 0 fully saturated rings. The third kappa shape index (κ3) is 4.36. The van der Waals surface area contributed by atoms with E-state index < -0.39 is 5.79 Å². The van der Waals surface area contributed by atoms with Crippen LogP contribution in [0, 0.1) is 0 Å². The van der Waals surface area contributed by atoms with Crippen molar-refractivity contribution < 1.29 is 14.2 Å². The Morgan fingerprint density at radius 1 is 1.33 bits per heavy atom. The van der Waals surface area contributed by atoms with Gasteiger partial charge in [0.15, 0.2) is 0 Å². The van der Waals surface area contributed by atoms with Gasteiger partial charge >= 0.3 is 0 Å². The average Bonchev–Trinajstić information content (AvgIpc) is 2.02. The number of ether oxygens (including phenoxy) is 3. The highest BCUT2D eigenvalue weighted by Gasteiger charge is 2.24. The zero-order valence-corrected chi connectivity index (χ0v) is 8.13. The molecule has 1 unspecified atom stereocenters. The van der Waals surface area contributed by atoms with Gasteiger partial charge in [0.25, 0.3) is 0 Å². The van der Waals surface area contributed by atoms with Gasteiger partial charge < -0.3 is 14.2 Å². The number of hydrogen-bond acceptors (Lipinski definition) is 3. The Morgan fingerprint density at radius 2 is 2.00 bits per heavy atom. The van der Waals surface area contributed by atoms with Crippen molar-refractivity contribution >= 4 is 0 Å². The van der Waals surface area contributed by atoms with Crippen molar-refractivity contribution in [3.8, 4) is 0 Å². The average molecular weight is 174 g/mol. The fourth-order valence-corrected chi connectivity index (χ4v) is 0.879. The molecule has 0 N–H and O–H groups in total. The molecule has 0 saturated heterocycles. The van der Waals surface area contributed by atoms with Gasteiger partial charge in [-0.25, -0.2) is 0 Å². The Morgan fingerprint density at radius 3 is 2.42 bits per heavy atom. The normalized spacial score (nSPS) is 15.2. The van der Waals surface area contributed by atoms with Gasteiger partial charge in [0.1, 0.15) is 6.61 Å². The molecule has 0 aliphatic rings. The van der Waals surface area contributed by atoms with Crippen molar-refractivity contribution in [1.82, 2.24) is 0 Å². The fourth-order valence-electron chi connectivity index (χ4n) is 0.879. The predicted molar refractivity (Wildman–Crippen MR) is 47.8 cm³/mol. The second-order valence-electron chi connectivity index (χ2n) is 2.49. The van der Waals surface area contributed by atoms with Gasteiger partial charge in [0, 0.05) is 20.1 Å². The van der Waals surface area contributed by atoms with Gasteiger partial charge in [-0.15, -0.1) is 0 Å². The minimum atomic E-state index is -0.688. The molecule has 0 saturated carbocycles. The van der Waals surface area contributed by atoms with Gasteiger partial charge in [0.2, 0.25) is 5.79 Å². The Balaban J connectivity index is 3.88. The van der Waals surface area contributed by atoms with Crippen molar-refractivity contribution in [2.24, 2.45) is 0 Å². The Labute approximate surface area is 74.3 Å². The summed E-state index contributed by atoms with van der Waals surface area (Å²) < 4.78 is 15.7. The maximum absolute atomic E-state index is 5.35. The summed E-state index contributed by atoms with van der Waals surface area (Å²) in [5.41, 5.74) is 0. The molecule has 3 heteroatoms. The van der Waals surface area contributed by atoms with E-state index in [0.29, 0.717) is 19.8 Å². The molecule has 0 amide bonds. The zero-order chi connectivity index (χ0) is 9.45. The summed E-state index contributed by atoms with van der Waals surface area (Å²) in [6.07, 6.45) is 1.37. The van der Waals surface area contributed by atoms with Crippen LogP contribution in [0.5, 0.6) is 0 Å². The van der Waals surface area contributed by atoms with E-state index in [-0.39, 0.29) is 0 Å². The maximum Gasteiger partial charge on any atom is 0.230 e. The van der Waals surface area contributed by atoms with E-state index >= 15 is 0 Å². The van der Waals surface area contributed by atoms with Crippen LogP contribution in [0.25, 0.3) is 0 Å². The van der Waals surface area contributed by atoms with Crippen LogP contribution in [0.4, 0.5) is 0 Å². The first kappa shape index (κ1) is 11.5. The van der Waals surface area contributed by atoms with Gasteiger partial charge in [-0.3, -0.25) is 0 Å². The summed E-state index contributed by atoms with van der Waals surface area (Å²) in [5.74, 6) is -0.688. The third-order valence-electron chi connectivity index (χ3n) is 1.35. The van der Waals surface area contributed by atoms with Crippen LogP contribution in [0.1, 0.15) is 20.8 Å². The molecular weight excluding hydrogens is 156 g/mol. The quantitative estimate of drug-likeness (QED) is 0.436. The molecule has 0 aromatic rings. The SMILES string of the molecule is C=COC(C)(COCC)OCC. The van der Waals surface area contributed by atoms with Gasteiger partial charge in [-0.1, -0.05) is 6.58 Å². The smallest absolute Gasteiger partial charge is 0.230 e. The first-order chi connectivity index (χ1) is 5.68. The van der Waals surface area contributed by atoms with Crippen molar-refractivity contribution in [3.63, 3.8) is 0 Å². The highest BCUT2D eigenvalue weighted by Crippen LogP contribution is 2.13. The first-order valence-corrected chi connectivity index (χ1v) is 4.19. The molecule has 72 valence electrons. The van der Waals surface area contributed by atoms with Crippen LogP contribution < -0.4 is 0 Å². The fraction of sp³-hybridized carbons (Fsp3) is 0.778. The lowest BCUT2D eigenvalue weighted by Crippen LogP contribution is -2.36.